The summed E-state index contributed by atoms with van der Waals surface area (Å²) in [5, 5.41) is 0. The quantitative estimate of drug-likeness (QED) is 0.259. The zero-order chi connectivity index (χ0) is 4.99. The molecule has 0 aromatic rings. The number of hydrogen-bond acceptors (Lipinski definition) is 3. The molecule has 0 aromatic heterocycles. The summed E-state index contributed by atoms with van der Waals surface area (Å²) in [5.41, 5.74) is 4.81. The average molecular weight is 92.1 g/mol. The average Bonchev–Trinajstić information content (AvgIpc) is 1.65. The van der Waals surface area contributed by atoms with Crippen molar-refractivity contribution in [3.8, 4) is 0 Å². The van der Waals surface area contributed by atoms with E-state index in [-0.39, 0.29) is 12.5 Å². The van der Waals surface area contributed by atoms with Crippen LogP contribution < -0.4 is 5.73 Å². The van der Waals surface area contributed by atoms with E-state index in [1.54, 1.807) is 0 Å². The number of rotatable bonds is 1. The fraction of sp³-hybridized carbons (Fsp3) is 0.667. The van der Waals surface area contributed by atoms with Gasteiger partial charge in [-0.15, -0.1) is 0 Å². The van der Waals surface area contributed by atoms with Crippen LogP contribution in [0.5, 0.6) is 0 Å². The summed E-state index contributed by atoms with van der Waals surface area (Å²) in [6.07, 6.45) is 0. The van der Waals surface area contributed by atoms with Crippen molar-refractivity contribution in [2.24, 2.45) is 5.73 Å². The number of carbonyl (C=O) groups excluding carboxylic acids is 1. The number of carbonyl (C=O) groups is 1. The van der Waals surface area contributed by atoms with E-state index in [4.69, 9.17) is 5.73 Å². The van der Waals surface area contributed by atoms with Crippen molar-refractivity contribution in [3.63, 3.8) is 0 Å². The second-order valence-electron chi connectivity index (χ2n) is 0.780. The van der Waals surface area contributed by atoms with Crippen LogP contribution in [0.3, 0.4) is 0 Å². The van der Waals surface area contributed by atoms with Gasteiger partial charge in [0.1, 0.15) is 0 Å². The van der Waals surface area contributed by atoms with Crippen LogP contribution in [0, 0.1) is 0 Å². The van der Waals surface area contributed by atoms with Crippen LogP contribution in [0.25, 0.3) is 0 Å². The van der Waals surface area contributed by atoms with Crippen LogP contribution in [0.15, 0.2) is 0 Å². The number of ether oxygens (including phenoxy) is 1. The summed E-state index contributed by atoms with van der Waals surface area (Å²) in [6.45, 7) is -0.0312. The molecule has 0 unspecified atom stereocenters. The molecule has 3 nitrogen and oxygen atoms in total. The summed E-state index contributed by atoms with van der Waals surface area (Å²) in [7, 11) is 1.30. The smallest absolute Gasteiger partial charge is 0.319 e. The summed E-state index contributed by atoms with van der Waals surface area (Å²) >= 11 is 0. The van der Waals surface area contributed by atoms with E-state index in [0.717, 1.165) is 0 Å². The maximum atomic E-state index is 9.83. The first-order valence-corrected chi connectivity index (χ1v) is 1.58. The Morgan fingerprint density at radius 2 is 2.50 bits per heavy atom. The summed E-state index contributed by atoms with van der Waals surface area (Å²) < 4.78 is 4.14. The monoisotopic (exact) mass is 92.1 g/mol. The number of methoxy groups -OCH3 is 1. The van der Waals surface area contributed by atoms with Gasteiger partial charge in [-0.05, 0) is 0 Å². The number of hydrogen-bond donors (Lipinski definition) is 1. The number of esters is 1. The lowest BCUT2D eigenvalue weighted by atomic mass is 11.6. The van der Waals surface area contributed by atoms with Crippen LogP contribution in [0.1, 0.15) is 0 Å². The maximum Gasteiger partial charge on any atom is 0.319 e. The van der Waals surface area contributed by atoms with Crippen molar-refractivity contribution in [1.82, 2.24) is 0 Å². The summed E-state index contributed by atoms with van der Waals surface area (Å²) in [4.78, 5) is 9.83. The molecule has 0 heterocycles. The summed E-state index contributed by atoms with van der Waals surface area (Å²) in [5.74, 6) is -0.380. The minimum atomic E-state index is -0.380. The van der Waals surface area contributed by atoms with Crippen LogP contribution >= 0.6 is 0 Å². The second-order valence-corrected chi connectivity index (χ2v) is 0.780. The van der Waals surface area contributed by atoms with Gasteiger partial charge in [-0.25, -0.2) is 0 Å². The Morgan fingerprint density at radius 3 is 2.50 bits per heavy atom. The predicted molar refractivity (Wildman–Crippen MR) is 21.1 cm³/mol. The molecule has 0 saturated carbocycles. The fourth-order valence-electron chi connectivity index (χ4n) is 0.0833. The van der Waals surface area contributed by atoms with Gasteiger partial charge < -0.3 is 10.5 Å². The van der Waals surface area contributed by atoms with E-state index in [1.807, 2.05) is 0 Å². The van der Waals surface area contributed by atoms with Crippen LogP contribution in [-0.4, -0.2) is 19.6 Å². The Morgan fingerprint density at radius 1 is 2.00 bits per heavy atom. The van der Waals surface area contributed by atoms with Crippen molar-refractivity contribution in [2.75, 3.05) is 13.7 Å². The molecule has 2 N–H and O–H groups in total. The Balaban J connectivity index is 2.99. The highest BCUT2D eigenvalue weighted by atomic mass is 16.6. The molecule has 0 radical (unpaired) electrons. The van der Waals surface area contributed by atoms with E-state index in [9.17, 15) is 4.79 Å². The molecule has 0 spiro atoms. The van der Waals surface area contributed by atoms with Crippen molar-refractivity contribution >= 4 is 5.97 Å². The highest BCUT2D eigenvalue weighted by molar-refractivity contribution is 5.70. The molecule has 36 valence electrons. The molecule has 0 aliphatic rings. The normalized spacial score (nSPS) is 7.67. The zero-order valence-electron chi connectivity index (χ0n) is 3.60. The first kappa shape index (κ1) is 5.43. The Labute approximate surface area is 36.1 Å². The largest absolute Gasteiger partial charge is 0.468 e. The molecule has 0 bridgehead atoms. The van der Waals surface area contributed by atoms with Crippen molar-refractivity contribution in [2.45, 2.75) is 0 Å². The van der Waals surface area contributed by atoms with Gasteiger partial charge in [0.2, 0.25) is 0 Å². The highest BCUT2D eigenvalue weighted by Gasteiger charge is 1.87. The lowest BCUT2D eigenvalue weighted by Crippen LogP contribution is -2.14. The van der Waals surface area contributed by atoms with Crippen molar-refractivity contribution in [3.05, 3.63) is 0 Å². The van der Waals surface area contributed by atoms with Gasteiger partial charge in [0.25, 0.3) is 0 Å². The molecular formula is C3H7NO2. The Kier molecular flexibility index (Phi) is 2.40. The molecule has 0 atom stereocenters. The van der Waals surface area contributed by atoms with Gasteiger partial charge >= 0.3 is 5.97 Å². The highest BCUT2D eigenvalue weighted by Crippen LogP contribution is 1.61. The number of nitrogens with two attached hydrogens (primary N) is 1. The Hall–Kier alpha value is -0.570. The molecule has 0 fully saturated rings. The van der Waals surface area contributed by atoms with Crippen molar-refractivity contribution in [1.29, 1.82) is 0 Å². The minimum absolute atomic E-state index is 0.0312. The zero-order valence-corrected chi connectivity index (χ0v) is 3.60. The van der Waals surface area contributed by atoms with E-state index >= 15 is 0 Å². The van der Waals surface area contributed by atoms with Gasteiger partial charge in [-0.3, -0.25) is 4.79 Å². The predicted octanol–water partition coefficient (Wildman–Crippen LogP) is -0.882. The molecule has 0 rings (SSSR count). The lowest BCUT2D eigenvalue weighted by molar-refractivity contribution is -0.138. The van der Waals surface area contributed by atoms with Crippen LogP contribution in [-0.2, 0) is 9.53 Å². The van der Waals surface area contributed by atoms with E-state index in [1.165, 1.54) is 7.11 Å². The van der Waals surface area contributed by atoms with Gasteiger partial charge in [-0.2, -0.15) is 0 Å². The minimum Gasteiger partial charge on any atom is -0.468 e. The topological polar surface area (TPSA) is 52.3 Å². The van der Waals surface area contributed by atoms with Gasteiger partial charge in [0, 0.05) is 0 Å². The third kappa shape index (κ3) is 1.72. The van der Waals surface area contributed by atoms with E-state index in [2.05, 4.69) is 4.74 Å². The van der Waals surface area contributed by atoms with Gasteiger partial charge in [0.05, 0.1) is 13.7 Å². The molecule has 6 heavy (non-hydrogen) atoms. The molecule has 0 amide bonds. The van der Waals surface area contributed by atoms with Gasteiger partial charge in [0.15, 0.2) is 0 Å². The standard InChI is InChI=1S/C3H7NO2/c1-6-3(5)2-4/h2,4H2,1H3/i2+1,3+1,4+1. The molecule has 0 aliphatic heterocycles. The lowest BCUT2D eigenvalue weighted by Gasteiger charge is -1.87. The fourth-order valence-corrected chi connectivity index (χ4v) is 0.0833. The molecular weight excluding hydrogens is 85.0 g/mol. The molecule has 0 aromatic carbocycles. The third-order valence-electron chi connectivity index (χ3n) is 0.394. The summed E-state index contributed by atoms with van der Waals surface area (Å²) in [6, 6.07) is 0. The van der Waals surface area contributed by atoms with Crippen molar-refractivity contribution < 1.29 is 9.53 Å². The Bertz CT molecular complexity index is 46.8. The van der Waals surface area contributed by atoms with Crippen LogP contribution in [0.2, 0.25) is 0 Å². The first-order valence-electron chi connectivity index (χ1n) is 1.58. The second kappa shape index (κ2) is 2.66. The molecule has 0 aliphatic carbocycles. The van der Waals surface area contributed by atoms with Crippen LogP contribution in [0.4, 0.5) is 0 Å². The van der Waals surface area contributed by atoms with Gasteiger partial charge in [-0.1, -0.05) is 0 Å². The third-order valence-corrected chi connectivity index (χ3v) is 0.394. The maximum absolute atomic E-state index is 9.83. The molecule has 0 saturated heterocycles. The van der Waals surface area contributed by atoms with E-state index in [0.29, 0.717) is 0 Å². The molecule has 3 heteroatoms. The van der Waals surface area contributed by atoms with E-state index < -0.39 is 0 Å². The first-order chi connectivity index (χ1) is 2.81. The SMILES string of the molecule is CO[13C](=O)[13CH2][15NH2].